The highest BCUT2D eigenvalue weighted by atomic mass is 35.5. The summed E-state index contributed by atoms with van der Waals surface area (Å²) in [5, 5.41) is 0.754. The lowest BCUT2D eigenvalue weighted by Gasteiger charge is -2.32. The minimum absolute atomic E-state index is 0.0416. The largest absolute Gasteiger partial charge is 0.364 e. The maximum Gasteiger partial charge on any atom is 0.264 e. The van der Waals surface area contributed by atoms with Crippen molar-refractivity contribution in [3.8, 4) is 0 Å². The van der Waals surface area contributed by atoms with Gasteiger partial charge in [-0.05, 0) is 79.0 Å². The number of nitrogens with zero attached hydrogens (tertiary/aromatic N) is 2. The molecule has 0 saturated heterocycles. The molecule has 0 amide bonds. The minimum Gasteiger partial charge on any atom is -0.364 e. The molecule has 1 atom stereocenters. The molecule has 2 N–H and O–H groups in total. The standard InChI is InChI=1S/C37H47ClN2O6S2/c1-36(2)29-13-5-7-15-31(29)39(23-9-11-25-47(41,42)43)33(36)21-19-27-17-18-28(35(27)38)20-22-34-37(3,4)30-14-6-8-16-32(30)40(34)24-10-12-26-48(44,45)46/h5-8,13-16,19-22,33H,9-12,17-18,23-26H2,1-4H3,(H,41,42,43)(H,44,45,46). The smallest absolute Gasteiger partial charge is 0.264 e. The summed E-state index contributed by atoms with van der Waals surface area (Å²) >= 11 is 7.04. The van der Waals surface area contributed by atoms with E-state index in [1.807, 2.05) is 18.2 Å². The molecule has 0 bridgehead atoms. The number of anilines is 2. The van der Waals surface area contributed by atoms with Crippen molar-refractivity contribution in [3.05, 3.63) is 106 Å². The molecular weight excluding hydrogens is 668 g/mol. The lowest BCUT2D eigenvalue weighted by molar-refractivity contribution is 0.466. The molecule has 2 aromatic rings. The van der Waals surface area contributed by atoms with Gasteiger partial charge in [-0.15, -0.1) is 0 Å². The van der Waals surface area contributed by atoms with E-state index < -0.39 is 20.2 Å². The van der Waals surface area contributed by atoms with Gasteiger partial charge in [0.1, 0.15) is 0 Å². The number of hydrogen-bond acceptors (Lipinski definition) is 6. The number of hydrogen-bond donors (Lipinski definition) is 2. The highest BCUT2D eigenvalue weighted by molar-refractivity contribution is 7.86. The van der Waals surface area contributed by atoms with Crippen LogP contribution in [-0.2, 0) is 31.1 Å². The summed E-state index contributed by atoms with van der Waals surface area (Å²) in [4.78, 5) is 4.60. The van der Waals surface area contributed by atoms with Crippen molar-refractivity contribution < 1.29 is 25.9 Å². The summed E-state index contributed by atoms with van der Waals surface area (Å²) in [7, 11) is -7.98. The molecule has 2 aliphatic heterocycles. The van der Waals surface area contributed by atoms with Crippen LogP contribution in [0.25, 0.3) is 0 Å². The van der Waals surface area contributed by atoms with Crippen LogP contribution in [0, 0.1) is 0 Å². The van der Waals surface area contributed by atoms with Crippen LogP contribution in [0.3, 0.4) is 0 Å². The van der Waals surface area contributed by atoms with Gasteiger partial charge < -0.3 is 9.80 Å². The fourth-order valence-electron chi connectivity index (χ4n) is 7.47. The van der Waals surface area contributed by atoms with Gasteiger partial charge in [0.05, 0.1) is 17.5 Å². The Morgan fingerprint density at radius 3 is 2.02 bits per heavy atom. The summed E-state index contributed by atoms with van der Waals surface area (Å²) < 4.78 is 63.5. The van der Waals surface area contributed by atoms with E-state index in [1.54, 1.807) is 0 Å². The topological polar surface area (TPSA) is 115 Å². The molecule has 1 aliphatic carbocycles. The molecular formula is C37H47ClN2O6S2. The van der Waals surface area contributed by atoms with Gasteiger partial charge in [-0.25, -0.2) is 0 Å². The molecule has 8 nitrogen and oxygen atoms in total. The molecule has 0 saturated carbocycles. The predicted octanol–water partition coefficient (Wildman–Crippen LogP) is 7.94. The summed E-state index contributed by atoms with van der Waals surface area (Å²) in [5.41, 5.74) is 7.53. The van der Waals surface area contributed by atoms with E-state index in [-0.39, 0.29) is 28.4 Å². The number of para-hydroxylation sites is 2. The maximum absolute atomic E-state index is 11.3. The van der Waals surface area contributed by atoms with Crippen LogP contribution in [0.5, 0.6) is 0 Å². The molecule has 2 aromatic carbocycles. The van der Waals surface area contributed by atoms with Crippen molar-refractivity contribution in [2.24, 2.45) is 0 Å². The van der Waals surface area contributed by atoms with E-state index in [0.29, 0.717) is 38.8 Å². The minimum atomic E-state index is -3.99. The summed E-state index contributed by atoms with van der Waals surface area (Å²) in [5.74, 6) is -0.489. The van der Waals surface area contributed by atoms with Gasteiger partial charge in [-0.1, -0.05) is 93.9 Å². The predicted molar refractivity (Wildman–Crippen MR) is 196 cm³/mol. The molecule has 48 heavy (non-hydrogen) atoms. The van der Waals surface area contributed by atoms with E-state index in [1.165, 1.54) is 11.1 Å². The molecule has 3 aliphatic rings. The number of fused-ring (bicyclic) bond motifs is 2. The number of benzene rings is 2. The SMILES string of the molecule is CC1(C)C(=CC=C2CCC(C=CC3N(CCCCS(=O)(=O)O)c4ccccc4C3(C)C)=C2Cl)N(CCCCS(=O)(=O)O)c2ccccc21. The van der Waals surface area contributed by atoms with Crippen LogP contribution in [0.4, 0.5) is 11.4 Å². The highest BCUT2D eigenvalue weighted by Crippen LogP contribution is 2.49. The number of halogens is 1. The molecule has 5 rings (SSSR count). The second-order valence-electron chi connectivity index (χ2n) is 14.1. The van der Waals surface area contributed by atoms with Crippen LogP contribution >= 0.6 is 11.6 Å². The molecule has 0 aromatic heterocycles. The maximum atomic E-state index is 11.3. The zero-order valence-corrected chi connectivity index (χ0v) is 30.6. The molecule has 260 valence electrons. The Labute approximate surface area is 291 Å². The van der Waals surface area contributed by atoms with Gasteiger partial charge in [0.2, 0.25) is 0 Å². The van der Waals surface area contributed by atoms with Crippen LogP contribution in [-0.4, -0.2) is 56.6 Å². The Bertz CT molecular complexity index is 1880. The Morgan fingerprint density at radius 1 is 0.792 bits per heavy atom. The Hall–Kier alpha value is -2.89. The first kappa shape index (κ1) is 36.4. The van der Waals surface area contributed by atoms with Crippen LogP contribution in [0.1, 0.15) is 77.3 Å². The first-order valence-corrected chi connectivity index (χ1v) is 20.2. The number of unbranched alkanes of at least 4 members (excludes halogenated alkanes) is 2. The lowest BCUT2D eigenvalue weighted by Crippen LogP contribution is -2.40. The summed E-state index contributed by atoms with van der Waals surface area (Å²) in [6, 6.07) is 16.7. The van der Waals surface area contributed by atoms with Crippen molar-refractivity contribution in [3.63, 3.8) is 0 Å². The number of allylic oxidation sites excluding steroid dienone is 7. The molecule has 0 fully saturated rings. The highest BCUT2D eigenvalue weighted by Gasteiger charge is 2.43. The average Bonchev–Trinajstić information content (AvgIpc) is 3.54. The van der Waals surface area contributed by atoms with Gasteiger partial charge >= 0.3 is 0 Å². The third kappa shape index (κ3) is 7.94. The van der Waals surface area contributed by atoms with E-state index in [4.69, 9.17) is 11.6 Å². The van der Waals surface area contributed by atoms with Crippen LogP contribution < -0.4 is 9.80 Å². The summed E-state index contributed by atoms with van der Waals surface area (Å²) in [6.45, 7) is 10.2. The average molecular weight is 715 g/mol. The number of rotatable bonds is 13. The molecule has 0 radical (unpaired) electrons. The Morgan fingerprint density at radius 2 is 1.38 bits per heavy atom. The van der Waals surface area contributed by atoms with Gasteiger partial charge in [-0.2, -0.15) is 16.8 Å². The summed E-state index contributed by atoms with van der Waals surface area (Å²) in [6.07, 6.45) is 12.3. The van der Waals surface area contributed by atoms with E-state index >= 15 is 0 Å². The van der Waals surface area contributed by atoms with Crippen molar-refractivity contribution in [2.45, 2.75) is 83.1 Å². The second kappa shape index (κ2) is 14.2. The molecule has 1 unspecified atom stereocenters. The monoisotopic (exact) mass is 714 g/mol. The van der Waals surface area contributed by atoms with E-state index in [2.05, 4.69) is 92.1 Å². The van der Waals surface area contributed by atoms with Crippen LogP contribution in [0.15, 0.2) is 94.7 Å². The third-order valence-corrected chi connectivity index (χ3v) is 12.1. The van der Waals surface area contributed by atoms with Crippen molar-refractivity contribution in [1.29, 1.82) is 0 Å². The zero-order valence-electron chi connectivity index (χ0n) is 28.2. The van der Waals surface area contributed by atoms with E-state index in [9.17, 15) is 25.9 Å². The van der Waals surface area contributed by atoms with Crippen molar-refractivity contribution in [1.82, 2.24) is 0 Å². The third-order valence-electron chi connectivity index (χ3n) is 10.0. The second-order valence-corrected chi connectivity index (χ2v) is 17.6. The lowest BCUT2D eigenvalue weighted by atomic mass is 9.80. The zero-order chi connectivity index (χ0) is 34.9. The fourth-order valence-corrected chi connectivity index (χ4v) is 8.92. The van der Waals surface area contributed by atoms with Crippen molar-refractivity contribution in [2.75, 3.05) is 34.4 Å². The normalized spacial score (nSPS) is 22.0. The van der Waals surface area contributed by atoms with Gasteiger partial charge in [0.15, 0.2) is 0 Å². The van der Waals surface area contributed by atoms with Gasteiger partial charge in [0, 0.05) is 46.0 Å². The molecule has 2 heterocycles. The van der Waals surface area contributed by atoms with Crippen molar-refractivity contribution >= 4 is 43.2 Å². The fraction of sp³-hybridized carbons (Fsp3) is 0.459. The van der Waals surface area contributed by atoms with E-state index in [0.717, 1.165) is 46.1 Å². The quantitative estimate of drug-likeness (QED) is 0.159. The van der Waals surface area contributed by atoms with Gasteiger partial charge in [-0.3, -0.25) is 9.11 Å². The molecule has 11 heteroatoms. The van der Waals surface area contributed by atoms with Gasteiger partial charge in [0.25, 0.3) is 20.2 Å². The first-order chi connectivity index (χ1) is 22.5. The molecule has 0 spiro atoms. The Kier molecular flexibility index (Phi) is 10.7. The Balaban J connectivity index is 1.37. The first-order valence-electron chi connectivity index (χ1n) is 16.6. The van der Waals surface area contributed by atoms with Crippen LogP contribution in [0.2, 0.25) is 0 Å².